The molecule has 6 heteroatoms. The Hall–Kier alpha value is -1.72. The quantitative estimate of drug-likeness (QED) is 0.431. The third kappa shape index (κ3) is 2.66. The second kappa shape index (κ2) is 6.64. The molecule has 0 aromatic carbocycles. The number of halogens is 1. The third-order valence-electron chi connectivity index (χ3n) is 7.87. The van der Waals surface area contributed by atoms with Crippen LogP contribution in [0.2, 0.25) is 0 Å². The first-order chi connectivity index (χ1) is 13.6. The van der Waals surface area contributed by atoms with Gasteiger partial charge in [-0.2, -0.15) is 0 Å². The summed E-state index contributed by atoms with van der Waals surface area (Å²) in [5, 5.41) is 11.3. The molecule has 5 atom stereocenters. The number of aliphatic hydroxyl groups excluding tert-OH is 1. The van der Waals surface area contributed by atoms with Crippen LogP contribution in [-0.2, 0) is 19.1 Å². The molecule has 4 rings (SSSR count). The highest BCUT2D eigenvalue weighted by Gasteiger charge is 2.67. The summed E-state index contributed by atoms with van der Waals surface area (Å²) in [5.74, 6) is -1.01. The zero-order valence-corrected chi connectivity index (χ0v) is 17.8. The molecule has 0 saturated heterocycles. The van der Waals surface area contributed by atoms with Gasteiger partial charge in [0, 0.05) is 17.8 Å². The number of Topliss-reactive ketones (excluding diaryl/α,β-unsaturated/α-hetero) is 1. The average Bonchev–Trinajstić information content (AvgIpc) is 2.93. The number of hydrogen-bond acceptors (Lipinski definition) is 5. The van der Waals surface area contributed by atoms with Crippen LogP contribution in [-0.4, -0.2) is 40.2 Å². The van der Waals surface area contributed by atoms with E-state index in [2.05, 4.69) is 6.92 Å². The van der Waals surface area contributed by atoms with Crippen LogP contribution in [0.5, 0.6) is 0 Å². The van der Waals surface area contributed by atoms with Crippen LogP contribution in [0.3, 0.4) is 0 Å². The number of ketones is 2. The second-order valence-corrected chi connectivity index (χ2v) is 9.52. The fourth-order valence-electron chi connectivity index (χ4n) is 6.62. The maximum absolute atomic E-state index is 13.0. The SMILES string of the molecule is CC(=O)O[C@]1(C(=O)CCl)CC[C@H]2C3=C(C(O)C[C@@]21C)[C@@]1(C)C=CC(=O)C=C1CC3. The zero-order chi connectivity index (χ0) is 21.2. The first-order valence-electron chi connectivity index (χ1n) is 10.2. The van der Waals surface area contributed by atoms with E-state index in [1.54, 1.807) is 12.2 Å². The minimum absolute atomic E-state index is 0.0147. The summed E-state index contributed by atoms with van der Waals surface area (Å²) in [6.07, 6.45) is 7.31. The van der Waals surface area contributed by atoms with E-state index in [4.69, 9.17) is 16.3 Å². The number of allylic oxidation sites excluding steroid dienone is 5. The van der Waals surface area contributed by atoms with Gasteiger partial charge in [-0.15, -0.1) is 11.6 Å². The number of alkyl halides is 1. The van der Waals surface area contributed by atoms with Gasteiger partial charge in [0.25, 0.3) is 0 Å². The summed E-state index contributed by atoms with van der Waals surface area (Å²) in [5.41, 5.74) is 0.646. The number of aliphatic hydroxyl groups is 1. The lowest BCUT2D eigenvalue weighted by Crippen LogP contribution is -2.58. The molecule has 0 aliphatic heterocycles. The lowest BCUT2D eigenvalue weighted by atomic mass is 9.52. The van der Waals surface area contributed by atoms with Gasteiger partial charge < -0.3 is 9.84 Å². The number of carbonyl (C=O) groups excluding carboxylic acids is 3. The van der Waals surface area contributed by atoms with Crippen molar-refractivity contribution in [3.63, 3.8) is 0 Å². The Kier molecular flexibility index (Phi) is 4.71. The maximum atomic E-state index is 13.0. The summed E-state index contributed by atoms with van der Waals surface area (Å²) in [4.78, 5) is 36.8. The van der Waals surface area contributed by atoms with Crippen molar-refractivity contribution < 1.29 is 24.2 Å². The second-order valence-electron chi connectivity index (χ2n) is 9.25. The molecule has 5 nitrogen and oxygen atoms in total. The number of esters is 1. The minimum atomic E-state index is -1.31. The highest BCUT2D eigenvalue weighted by atomic mass is 35.5. The van der Waals surface area contributed by atoms with E-state index in [1.165, 1.54) is 6.92 Å². The normalized spacial score (nSPS) is 40.7. The van der Waals surface area contributed by atoms with Crippen LogP contribution in [0.25, 0.3) is 0 Å². The number of carbonyl (C=O) groups is 3. The van der Waals surface area contributed by atoms with Crippen molar-refractivity contribution in [2.24, 2.45) is 16.7 Å². The Bertz CT molecular complexity index is 899. The fourth-order valence-corrected chi connectivity index (χ4v) is 6.83. The highest BCUT2D eigenvalue weighted by molar-refractivity contribution is 6.29. The molecule has 1 unspecified atom stereocenters. The van der Waals surface area contributed by atoms with Crippen LogP contribution in [0.1, 0.15) is 52.9 Å². The standard InChI is InChI=1S/C23H27ClO5/c1-13(25)29-23(19(28)12-24)9-7-17-16-5-4-14-10-15(26)6-8-21(14,2)20(16)18(27)11-22(17,23)3/h6,8,10,17-18,27H,4-5,7,9,11-12H2,1-3H3/t17-,18?,21-,22-,23-/m0/s1. The van der Waals surface area contributed by atoms with E-state index in [9.17, 15) is 19.5 Å². The van der Waals surface area contributed by atoms with Crippen molar-refractivity contribution in [3.8, 4) is 0 Å². The van der Waals surface area contributed by atoms with Gasteiger partial charge in [-0.1, -0.05) is 24.1 Å². The number of hydrogen-bond donors (Lipinski definition) is 1. The molecule has 156 valence electrons. The lowest BCUT2D eigenvalue weighted by Gasteiger charge is -2.53. The average molecular weight is 419 g/mol. The zero-order valence-electron chi connectivity index (χ0n) is 17.1. The smallest absolute Gasteiger partial charge is 0.303 e. The number of rotatable bonds is 3. The molecule has 0 aromatic rings. The van der Waals surface area contributed by atoms with E-state index in [0.29, 0.717) is 19.3 Å². The summed E-state index contributed by atoms with van der Waals surface area (Å²) in [6, 6.07) is 0. The molecule has 0 spiro atoms. The first kappa shape index (κ1) is 20.5. The minimum Gasteiger partial charge on any atom is -0.451 e. The molecular formula is C23H27ClO5. The van der Waals surface area contributed by atoms with Gasteiger partial charge >= 0.3 is 5.97 Å². The molecule has 0 radical (unpaired) electrons. The predicted molar refractivity (Wildman–Crippen MR) is 108 cm³/mol. The molecule has 0 amide bonds. The number of ether oxygens (including phenoxy) is 1. The summed E-state index contributed by atoms with van der Waals surface area (Å²) in [6.45, 7) is 5.33. The molecule has 1 N–H and O–H groups in total. The molecule has 0 aromatic heterocycles. The van der Waals surface area contributed by atoms with Crippen molar-refractivity contribution in [1.29, 1.82) is 0 Å². The van der Waals surface area contributed by atoms with Crippen LogP contribution >= 0.6 is 11.6 Å². The van der Waals surface area contributed by atoms with Crippen LogP contribution in [0.15, 0.2) is 34.9 Å². The van der Waals surface area contributed by atoms with Crippen molar-refractivity contribution >= 4 is 29.1 Å². The first-order valence-corrected chi connectivity index (χ1v) is 10.8. The van der Waals surface area contributed by atoms with Crippen molar-refractivity contribution in [1.82, 2.24) is 0 Å². The third-order valence-corrected chi connectivity index (χ3v) is 8.11. The summed E-state index contributed by atoms with van der Waals surface area (Å²) >= 11 is 5.94. The van der Waals surface area contributed by atoms with Gasteiger partial charge in [0.1, 0.15) is 0 Å². The van der Waals surface area contributed by atoms with E-state index >= 15 is 0 Å². The summed E-state index contributed by atoms with van der Waals surface area (Å²) in [7, 11) is 0. The predicted octanol–water partition coefficient (Wildman–Crippen LogP) is 3.44. The molecule has 29 heavy (non-hydrogen) atoms. The Balaban J connectivity index is 1.85. The Labute approximate surface area is 175 Å². The van der Waals surface area contributed by atoms with Gasteiger partial charge in [0.05, 0.1) is 12.0 Å². The van der Waals surface area contributed by atoms with Gasteiger partial charge in [-0.3, -0.25) is 14.4 Å². The Morgan fingerprint density at radius 3 is 2.69 bits per heavy atom. The van der Waals surface area contributed by atoms with Crippen molar-refractivity contribution in [2.45, 2.75) is 64.6 Å². The monoisotopic (exact) mass is 418 g/mol. The van der Waals surface area contributed by atoms with E-state index in [0.717, 1.165) is 29.6 Å². The van der Waals surface area contributed by atoms with Crippen LogP contribution in [0, 0.1) is 16.7 Å². The van der Waals surface area contributed by atoms with Crippen molar-refractivity contribution in [2.75, 3.05) is 5.88 Å². The van der Waals surface area contributed by atoms with Gasteiger partial charge in [-0.05, 0) is 62.7 Å². The largest absolute Gasteiger partial charge is 0.451 e. The molecule has 1 saturated carbocycles. The van der Waals surface area contributed by atoms with Gasteiger partial charge in [0.2, 0.25) is 0 Å². The fraction of sp³-hybridized carbons (Fsp3) is 0.609. The molecular weight excluding hydrogens is 392 g/mol. The van der Waals surface area contributed by atoms with E-state index < -0.39 is 28.5 Å². The number of fused-ring (bicyclic) bond motifs is 4. The van der Waals surface area contributed by atoms with Crippen molar-refractivity contribution in [3.05, 3.63) is 34.9 Å². The van der Waals surface area contributed by atoms with Crippen LogP contribution < -0.4 is 0 Å². The maximum Gasteiger partial charge on any atom is 0.303 e. The van der Waals surface area contributed by atoms with Gasteiger partial charge in [0.15, 0.2) is 17.2 Å². The Morgan fingerprint density at radius 2 is 2.03 bits per heavy atom. The molecule has 0 heterocycles. The van der Waals surface area contributed by atoms with Gasteiger partial charge in [-0.25, -0.2) is 0 Å². The Morgan fingerprint density at radius 1 is 1.31 bits per heavy atom. The molecule has 1 fully saturated rings. The molecule has 0 bridgehead atoms. The molecule has 4 aliphatic carbocycles. The lowest BCUT2D eigenvalue weighted by molar-refractivity contribution is -0.181. The summed E-state index contributed by atoms with van der Waals surface area (Å²) < 4.78 is 5.72. The highest BCUT2D eigenvalue weighted by Crippen LogP contribution is 2.65. The van der Waals surface area contributed by atoms with E-state index in [-0.39, 0.29) is 23.4 Å². The van der Waals surface area contributed by atoms with Crippen LogP contribution in [0.4, 0.5) is 0 Å². The molecule has 4 aliphatic rings. The van der Waals surface area contributed by atoms with E-state index in [1.807, 2.05) is 13.0 Å². The topological polar surface area (TPSA) is 80.7 Å².